The molecule has 96 valence electrons. The quantitative estimate of drug-likeness (QED) is 0.441. The fourth-order valence-corrected chi connectivity index (χ4v) is 3.37. The highest BCUT2D eigenvalue weighted by Crippen LogP contribution is 2.34. The summed E-state index contributed by atoms with van der Waals surface area (Å²) in [6, 6.07) is 19.0. The SMILES string of the molecule is Brc1nc(-c2cc3ccccc3c3ccccc23)ns1. The van der Waals surface area contributed by atoms with E-state index in [4.69, 9.17) is 0 Å². The zero-order valence-electron chi connectivity index (χ0n) is 10.4. The fourth-order valence-electron chi connectivity index (χ4n) is 2.55. The third-order valence-corrected chi connectivity index (χ3v) is 4.53. The van der Waals surface area contributed by atoms with Crippen LogP contribution in [0.15, 0.2) is 58.5 Å². The van der Waals surface area contributed by atoms with E-state index in [1.165, 1.54) is 33.1 Å². The minimum Gasteiger partial charge on any atom is -0.208 e. The molecule has 0 atom stereocenters. The number of nitrogens with zero attached hydrogens (tertiary/aromatic N) is 2. The predicted octanol–water partition coefficient (Wildman–Crippen LogP) is 5.27. The van der Waals surface area contributed by atoms with Crippen LogP contribution in [0, 0.1) is 0 Å². The summed E-state index contributed by atoms with van der Waals surface area (Å²) in [6.07, 6.45) is 0. The van der Waals surface area contributed by atoms with Crippen LogP contribution in [0.3, 0.4) is 0 Å². The van der Waals surface area contributed by atoms with Crippen LogP contribution < -0.4 is 0 Å². The second-order valence-electron chi connectivity index (χ2n) is 4.56. The first-order valence-electron chi connectivity index (χ1n) is 6.23. The first-order valence-corrected chi connectivity index (χ1v) is 7.79. The predicted molar refractivity (Wildman–Crippen MR) is 88.1 cm³/mol. The van der Waals surface area contributed by atoms with Crippen LogP contribution in [0.5, 0.6) is 0 Å². The standard InChI is InChI=1S/C16H9BrN2S/c17-16-18-15(19-20-16)14-9-10-5-1-2-6-11(10)12-7-3-4-8-13(12)14/h1-9H. The Morgan fingerprint density at radius 2 is 1.55 bits per heavy atom. The van der Waals surface area contributed by atoms with Gasteiger partial charge in [-0.2, -0.15) is 4.37 Å². The van der Waals surface area contributed by atoms with Crippen molar-refractivity contribution in [3.05, 3.63) is 58.5 Å². The summed E-state index contributed by atoms with van der Waals surface area (Å²) in [5.74, 6) is 0.781. The molecule has 0 unspecified atom stereocenters. The highest BCUT2D eigenvalue weighted by atomic mass is 79.9. The first-order chi connectivity index (χ1) is 9.83. The van der Waals surface area contributed by atoms with E-state index in [2.05, 4.69) is 79.9 Å². The van der Waals surface area contributed by atoms with E-state index in [1.807, 2.05) is 0 Å². The Morgan fingerprint density at radius 1 is 0.850 bits per heavy atom. The van der Waals surface area contributed by atoms with E-state index in [0.29, 0.717) is 0 Å². The van der Waals surface area contributed by atoms with Gasteiger partial charge in [0.15, 0.2) is 9.74 Å². The maximum atomic E-state index is 4.46. The van der Waals surface area contributed by atoms with E-state index in [-0.39, 0.29) is 0 Å². The van der Waals surface area contributed by atoms with Crippen molar-refractivity contribution in [3.8, 4) is 11.4 Å². The van der Waals surface area contributed by atoms with Crippen molar-refractivity contribution < 1.29 is 0 Å². The van der Waals surface area contributed by atoms with Crippen molar-refractivity contribution in [1.29, 1.82) is 0 Å². The number of aromatic nitrogens is 2. The molecule has 4 heteroatoms. The zero-order valence-corrected chi connectivity index (χ0v) is 12.8. The van der Waals surface area contributed by atoms with E-state index in [0.717, 1.165) is 15.3 Å². The molecule has 3 aromatic carbocycles. The summed E-state index contributed by atoms with van der Waals surface area (Å²) < 4.78 is 5.24. The Bertz CT molecular complexity index is 930. The molecule has 0 amide bonds. The Kier molecular flexibility index (Phi) is 2.79. The molecule has 0 bridgehead atoms. The molecule has 0 fully saturated rings. The Morgan fingerprint density at radius 3 is 2.30 bits per heavy atom. The second-order valence-corrected chi connectivity index (χ2v) is 6.59. The van der Waals surface area contributed by atoms with Gasteiger partial charge < -0.3 is 0 Å². The van der Waals surface area contributed by atoms with Crippen molar-refractivity contribution in [3.63, 3.8) is 0 Å². The molecule has 1 heterocycles. The summed E-state index contributed by atoms with van der Waals surface area (Å²) in [6.45, 7) is 0. The summed E-state index contributed by atoms with van der Waals surface area (Å²) in [4.78, 5) is 4.46. The number of benzene rings is 3. The van der Waals surface area contributed by atoms with Crippen LogP contribution >= 0.6 is 27.5 Å². The second kappa shape index (κ2) is 4.65. The van der Waals surface area contributed by atoms with E-state index in [1.54, 1.807) is 0 Å². The number of rotatable bonds is 1. The van der Waals surface area contributed by atoms with Gasteiger partial charge in [0.2, 0.25) is 0 Å². The third kappa shape index (κ3) is 1.84. The van der Waals surface area contributed by atoms with E-state index in [9.17, 15) is 0 Å². The minimum atomic E-state index is 0.781. The number of halogens is 1. The fraction of sp³-hybridized carbons (Fsp3) is 0. The zero-order chi connectivity index (χ0) is 13.5. The molecule has 2 nitrogen and oxygen atoms in total. The smallest absolute Gasteiger partial charge is 0.179 e. The molecule has 0 saturated carbocycles. The van der Waals surface area contributed by atoms with Crippen LogP contribution in [0.25, 0.3) is 32.9 Å². The molecule has 20 heavy (non-hydrogen) atoms. The topological polar surface area (TPSA) is 25.8 Å². The van der Waals surface area contributed by atoms with Crippen LogP contribution in [-0.2, 0) is 0 Å². The summed E-state index contributed by atoms with van der Waals surface area (Å²) in [5, 5.41) is 4.91. The number of hydrogen-bond donors (Lipinski definition) is 0. The van der Waals surface area contributed by atoms with Gasteiger partial charge >= 0.3 is 0 Å². The van der Waals surface area contributed by atoms with Gasteiger partial charge in [0.25, 0.3) is 0 Å². The maximum Gasteiger partial charge on any atom is 0.179 e. The molecule has 0 N–H and O–H groups in total. The van der Waals surface area contributed by atoms with Crippen molar-refractivity contribution in [2.45, 2.75) is 0 Å². The van der Waals surface area contributed by atoms with E-state index >= 15 is 0 Å². The molecular formula is C16H9BrN2S. The van der Waals surface area contributed by atoms with Crippen molar-refractivity contribution in [1.82, 2.24) is 9.36 Å². The molecule has 4 rings (SSSR count). The van der Waals surface area contributed by atoms with Crippen molar-refractivity contribution >= 4 is 49.0 Å². The highest BCUT2D eigenvalue weighted by Gasteiger charge is 2.11. The van der Waals surface area contributed by atoms with Gasteiger partial charge in [-0.25, -0.2) is 4.98 Å². The Hall–Kier alpha value is -1.78. The monoisotopic (exact) mass is 340 g/mol. The first kappa shape index (κ1) is 12.0. The van der Waals surface area contributed by atoms with Gasteiger partial charge in [-0.1, -0.05) is 48.5 Å². The average molecular weight is 341 g/mol. The summed E-state index contributed by atoms with van der Waals surface area (Å²) >= 11 is 4.76. The van der Waals surface area contributed by atoms with E-state index < -0.39 is 0 Å². The largest absolute Gasteiger partial charge is 0.208 e. The molecule has 4 aromatic rings. The lowest BCUT2D eigenvalue weighted by Crippen LogP contribution is -1.85. The van der Waals surface area contributed by atoms with Gasteiger partial charge in [0.05, 0.1) is 0 Å². The molecular weight excluding hydrogens is 332 g/mol. The minimum absolute atomic E-state index is 0.781. The van der Waals surface area contributed by atoms with Crippen LogP contribution in [0.2, 0.25) is 0 Å². The van der Waals surface area contributed by atoms with Crippen LogP contribution in [0.1, 0.15) is 0 Å². The Labute approximate surface area is 128 Å². The summed E-state index contributed by atoms with van der Waals surface area (Å²) in [5.41, 5.74) is 1.08. The third-order valence-electron chi connectivity index (χ3n) is 3.41. The molecule has 0 aliphatic heterocycles. The van der Waals surface area contributed by atoms with Gasteiger partial charge in [-0.05, 0) is 55.1 Å². The highest BCUT2D eigenvalue weighted by molar-refractivity contribution is 9.11. The van der Waals surface area contributed by atoms with Gasteiger partial charge in [-0.15, -0.1) is 0 Å². The van der Waals surface area contributed by atoms with Crippen LogP contribution in [0.4, 0.5) is 0 Å². The molecule has 0 saturated heterocycles. The van der Waals surface area contributed by atoms with Gasteiger partial charge in [0.1, 0.15) is 0 Å². The van der Waals surface area contributed by atoms with Crippen LogP contribution in [-0.4, -0.2) is 9.36 Å². The molecule has 0 aliphatic rings. The van der Waals surface area contributed by atoms with Crippen molar-refractivity contribution in [2.24, 2.45) is 0 Å². The normalized spacial score (nSPS) is 11.2. The summed E-state index contributed by atoms with van der Waals surface area (Å²) in [7, 11) is 0. The maximum absolute atomic E-state index is 4.46. The van der Waals surface area contributed by atoms with Gasteiger partial charge in [-0.3, -0.25) is 0 Å². The molecule has 1 aromatic heterocycles. The van der Waals surface area contributed by atoms with Gasteiger partial charge in [0, 0.05) is 5.56 Å². The van der Waals surface area contributed by atoms with Crippen molar-refractivity contribution in [2.75, 3.05) is 0 Å². The molecule has 0 radical (unpaired) electrons. The lowest BCUT2D eigenvalue weighted by atomic mass is 9.97. The lowest BCUT2D eigenvalue weighted by Gasteiger charge is -2.08. The number of hydrogen-bond acceptors (Lipinski definition) is 3. The lowest BCUT2D eigenvalue weighted by molar-refractivity contribution is 1.31. The Balaban J connectivity index is 2.18. The number of fused-ring (bicyclic) bond motifs is 3. The average Bonchev–Trinajstić information content (AvgIpc) is 2.93. The molecule has 0 aliphatic carbocycles. The molecule has 0 spiro atoms.